The maximum absolute atomic E-state index is 13.0. The van der Waals surface area contributed by atoms with Crippen molar-refractivity contribution in [2.75, 3.05) is 20.1 Å². The fourth-order valence-corrected chi connectivity index (χ4v) is 3.61. The number of fused-ring (bicyclic) bond motifs is 1. The van der Waals surface area contributed by atoms with Crippen LogP contribution in [0.15, 0.2) is 18.2 Å². The maximum Gasteiger partial charge on any atom is 0.262 e. The van der Waals surface area contributed by atoms with E-state index in [1.54, 1.807) is 12.1 Å². The highest BCUT2D eigenvalue weighted by molar-refractivity contribution is 6.24. The minimum Gasteiger partial charge on any atom is -0.330 e. The zero-order chi connectivity index (χ0) is 19.6. The molecule has 0 spiro atoms. The second kappa shape index (κ2) is 7.98. The second-order valence-electron chi connectivity index (χ2n) is 7.02. The molecule has 3 N–H and O–H groups in total. The molecule has 1 fully saturated rings. The average Bonchev–Trinajstić information content (AvgIpc) is 2.88. The van der Waals surface area contributed by atoms with Crippen LogP contribution >= 0.6 is 0 Å². The van der Waals surface area contributed by atoms with Gasteiger partial charge in [0.25, 0.3) is 11.8 Å². The Bertz CT molecular complexity index is 792. The number of hydrogen-bond donors (Lipinski definition) is 2. The van der Waals surface area contributed by atoms with Crippen molar-refractivity contribution in [2.24, 2.45) is 5.73 Å². The second-order valence-corrected chi connectivity index (χ2v) is 7.02. The lowest BCUT2D eigenvalue weighted by Gasteiger charge is -2.28. The minimum atomic E-state index is -0.940. The summed E-state index contributed by atoms with van der Waals surface area (Å²) in [6.45, 7) is 2.00. The molecule has 1 atom stereocenters. The predicted octanol–water partition coefficient (Wildman–Crippen LogP) is 0.259. The SMILES string of the molecule is CN(CCCCN)Cc1cccc2c1C(=O)N(C1CCC(=O)NC1=O)C2=O. The van der Waals surface area contributed by atoms with Gasteiger partial charge in [0.05, 0.1) is 11.1 Å². The van der Waals surface area contributed by atoms with E-state index in [0.717, 1.165) is 29.8 Å². The van der Waals surface area contributed by atoms with Crippen molar-refractivity contribution in [3.8, 4) is 0 Å². The number of nitrogens with zero attached hydrogens (tertiary/aromatic N) is 2. The molecule has 0 aromatic heterocycles. The van der Waals surface area contributed by atoms with E-state index in [-0.39, 0.29) is 18.7 Å². The van der Waals surface area contributed by atoms with Crippen molar-refractivity contribution in [3.63, 3.8) is 0 Å². The van der Waals surface area contributed by atoms with E-state index in [2.05, 4.69) is 10.2 Å². The summed E-state index contributed by atoms with van der Waals surface area (Å²) in [7, 11) is 1.95. The Morgan fingerprint density at radius 1 is 1.19 bits per heavy atom. The third-order valence-corrected chi connectivity index (χ3v) is 4.99. The van der Waals surface area contributed by atoms with E-state index in [1.807, 2.05) is 13.1 Å². The van der Waals surface area contributed by atoms with Gasteiger partial charge in [-0.05, 0) is 51.0 Å². The normalized spacial score (nSPS) is 19.7. The fourth-order valence-electron chi connectivity index (χ4n) is 3.61. The van der Waals surface area contributed by atoms with Crippen LogP contribution in [0.5, 0.6) is 0 Å². The maximum atomic E-state index is 13.0. The summed E-state index contributed by atoms with van der Waals surface area (Å²) in [5.41, 5.74) is 6.96. The van der Waals surface area contributed by atoms with E-state index < -0.39 is 23.8 Å². The molecule has 8 heteroatoms. The smallest absolute Gasteiger partial charge is 0.262 e. The van der Waals surface area contributed by atoms with Gasteiger partial charge in [0.1, 0.15) is 6.04 Å². The summed E-state index contributed by atoms with van der Waals surface area (Å²) in [6, 6.07) is 4.25. The lowest BCUT2D eigenvalue weighted by Crippen LogP contribution is -2.54. The molecule has 4 amide bonds. The third-order valence-electron chi connectivity index (χ3n) is 4.99. The van der Waals surface area contributed by atoms with Crippen LogP contribution in [0.4, 0.5) is 0 Å². The summed E-state index contributed by atoms with van der Waals surface area (Å²) >= 11 is 0. The molecule has 3 rings (SSSR count). The fraction of sp³-hybridized carbons (Fsp3) is 0.474. The molecule has 0 aliphatic carbocycles. The van der Waals surface area contributed by atoms with Crippen LogP contribution in [-0.4, -0.2) is 59.6 Å². The number of imide groups is 2. The molecule has 0 bridgehead atoms. The lowest BCUT2D eigenvalue weighted by molar-refractivity contribution is -0.136. The molecule has 27 heavy (non-hydrogen) atoms. The van der Waals surface area contributed by atoms with E-state index in [4.69, 9.17) is 5.73 Å². The summed E-state index contributed by atoms with van der Waals surface area (Å²) in [5.74, 6) is -1.92. The largest absolute Gasteiger partial charge is 0.330 e. The first kappa shape index (κ1) is 19.2. The Hall–Kier alpha value is -2.58. The van der Waals surface area contributed by atoms with Crippen LogP contribution in [0.25, 0.3) is 0 Å². The highest BCUT2D eigenvalue weighted by Gasteiger charge is 2.45. The van der Waals surface area contributed by atoms with Crippen LogP contribution in [-0.2, 0) is 16.1 Å². The van der Waals surface area contributed by atoms with Crippen molar-refractivity contribution in [3.05, 3.63) is 34.9 Å². The summed E-state index contributed by atoms with van der Waals surface area (Å²) in [4.78, 5) is 52.4. The molecule has 1 aromatic rings. The number of amides is 4. The number of piperidine rings is 1. The number of nitrogens with two attached hydrogens (primary N) is 1. The van der Waals surface area contributed by atoms with Gasteiger partial charge < -0.3 is 10.6 Å². The van der Waals surface area contributed by atoms with E-state index in [9.17, 15) is 19.2 Å². The zero-order valence-corrected chi connectivity index (χ0v) is 15.4. The minimum absolute atomic E-state index is 0.112. The molecule has 0 saturated carbocycles. The number of hydrogen-bond acceptors (Lipinski definition) is 6. The van der Waals surface area contributed by atoms with Gasteiger partial charge in [-0.25, -0.2) is 0 Å². The average molecular weight is 372 g/mol. The number of carbonyl (C=O) groups is 4. The Kier molecular flexibility index (Phi) is 5.67. The predicted molar refractivity (Wildman–Crippen MR) is 97.7 cm³/mol. The first-order chi connectivity index (χ1) is 12.9. The van der Waals surface area contributed by atoms with Crippen molar-refractivity contribution in [1.82, 2.24) is 15.1 Å². The molecular weight excluding hydrogens is 348 g/mol. The van der Waals surface area contributed by atoms with Gasteiger partial charge in [-0.2, -0.15) is 0 Å². The van der Waals surface area contributed by atoms with Crippen molar-refractivity contribution < 1.29 is 19.2 Å². The van der Waals surface area contributed by atoms with Gasteiger partial charge in [0, 0.05) is 13.0 Å². The standard InChI is InChI=1S/C19H24N4O4/c1-22(10-3-2-9-20)11-12-5-4-6-13-16(12)19(27)23(18(13)26)14-7-8-15(24)21-17(14)25/h4-6,14H,2-3,7-11,20H2,1H3,(H,21,24,25). The first-order valence-electron chi connectivity index (χ1n) is 9.16. The molecule has 1 aromatic carbocycles. The molecule has 1 saturated heterocycles. The highest BCUT2D eigenvalue weighted by Crippen LogP contribution is 2.30. The third kappa shape index (κ3) is 3.77. The molecule has 2 aliphatic rings. The number of nitrogens with one attached hydrogen (secondary N) is 1. The summed E-state index contributed by atoms with van der Waals surface area (Å²) in [6.07, 6.45) is 2.15. The topological polar surface area (TPSA) is 113 Å². The van der Waals surface area contributed by atoms with Crippen LogP contribution in [0.3, 0.4) is 0 Å². The number of carbonyl (C=O) groups excluding carboxylic acids is 4. The van der Waals surface area contributed by atoms with Crippen molar-refractivity contribution in [1.29, 1.82) is 0 Å². The molecule has 8 nitrogen and oxygen atoms in total. The van der Waals surface area contributed by atoms with Crippen molar-refractivity contribution >= 4 is 23.6 Å². The number of rotatable bonds is 7. The van der Waals surface area contributed by atoms with Crippen LogP contribution in [0.1, 0.15) is 52.0 Å². The number of benzene rings is 1. The lowest BCUT2D eigenvalue weighted by atomic mass is 10.0. The molecule has 2 aliphatic heterocycles. The molecule has 1 unspecified atom stereocenters. The van der Waals surface area contributed by atoms with Crippen molar-refractivity contribution in [2.45, 2.75) is 38.3 Å². The highest BCUT2D eigenvalue weighted by atomic mass is 16.2. The van der Waals surface area contributed by atoms with E-state index in [1.165, 1.54) is 0 Å². The first-order valence-corrected chi connectivity index (χ1v) is 9.16. The van der Waals surface area contributed by atoms with Crippen LogP contribution in [0.2, 0.25) is 0 Å². The molecule has 0 radical (unpaired) electrons. The van der Waals surface area contributed by atoms with Gasteiger partial charge in [-0.1, -0.05) is 12.1 Å². The monoisotopic (exact) mass is 372 g/mol. The van der Waals surface area contributed by atoms with Gasteiger partial charge in [0.15, 0.2) is 0 Å². The van der Waals surface area contributed by atoms with Gasteiger partial charge in [-0.15, -0.1) is 0 Å². The van der Waals surface area contributed by atoms with Gasteiger partial charge in [-0.3, -0.25) is 29.4 Å². The van der Waals surface area contributed by atoms with E-state index in [0.29, 0.717) is 24.2 Å². The number of unbranched alkanes of at least 4 members (excludes halogenated alkanes) is 1. The molecule has 144 valence electrons. The van der Waals surface area contributed by atoms with Crippen LogP contribution in [0, 0.1) is 0 Å². The molecule has 2 heterocycles. The Morgan fingerprint density at radius 2 is 1.96 bits per heavy atom. The van der Waals surface area contributed by atoms with Gasteiger partial charge in [0.2, 0.25) is 11.8 Å². The Balaban J connectivity index is 1.82. The van der Waals surface area contributed by atoms with Crippen LogP contribution < -0.4 is 11.1 Å². The van der Waals surface area contributed by atoms with Gasteiger partial charge >= 0.3 is 0 Å². The Labute approximate surface area is 157 Å². The van der Waals surface area contributed by atoms with E-state index >= 15 is 0 Å². The summed E-state index contributed by atoms with van der Waals surface area (Å²) in [5, 5.41) is 2.21. The zero-order valence-electron chi connectivity index (χ0n) is 15.4. The Morgan fingerprint density at radius 3 is 2.67 bits per heavy atom. The molecular formula is C19H24N4O4. The summed E-state index contributed by atoms with van der Waals surface area (Å²) < 4.78 is 0. The quantitative estimate of drug-likeness (QED) is 0.524.